The minimum Gasteiger partial charge on any atom is -0.508 e. The number of amidine groups is 1. The third kappa shape index (κ3) is 5.70. The molecule has 0 bridgehead atoms. The van der Waals surface area contributed by atoms with E-state index in [0.29, 0.717) is 5.56 Å². The molecule has 0 fully saturated rings. The first kappa shape index (κ1) is 18.0. The van der Waals surface area contributed by atoms with Crippen molar-refractivity contribution in [2.24, 2.45) is 15.9 Å². The summed E-state index contributed by atoms with van der Waals surface area (Å²) in [6, 6.07) is 6.20. The molecule has 0 aromatic heterocycles. The molecule has 4 N–H and O–H groups in total. The molecule has 0 heterocycles. The first-order valence-corrected chi connectivity index (χ1v) is 6.88. The molecule has 0 amide bonds. The van der Waals surface area contributed by atoms with Crippen LogP contribution in [-0.2, 0) is 14.3 Å². The van der Waals surface area contributed by atoms with Gasteiger partial charge in [-0.2, -0.15) is 5.10 Å². The molecule has 124 valence electrons. The Kier molecular flexibility index (Phi) is 7.12. The van der Waals surface area contributed by atoms with Gasteiger partial charge in [-0.15, -0.1) is 5.10 Å². The SMILES string of the molecule is CCOC(=O)C(/C(N)=N\N=C\c1ccc(O)cc1)=C(\O)OCC. The Morgan fingerprint density at radius 2 is 1.83 bits per heavy atom. The lowest BCUT2D eigenvalue weighted by Crippen LogP contribution is -2.25. The molecular formula is C15H19N3O5. The smallest absolute Gasteiger partial charge is 0.349 e. The maximum Gasteiger partial charge on any atom is 0.349 e. The number of aliphatic hydroxyl groups is 1. The Morgan fingerprint density at radius 1 is 1.22 bits per heavy atom. The van der Waals surface area contributed by atoms with E-state index in [2.05, 4.69) is 10.2 Å². The lowest BCUT2D eigenvalue weighted by molar-refractivity contribution is -0.138. The molecule has 1 aromatic carbocycles. The normalized spacial score (nSPS) is 12.9. The highest BCUT2D eigenvalue weighted by atomic mass is 16.6. The van der Waals surface area contributed by atoms with Crippen LogP contribution in [0.4, 0.5) is 0 Å². The Labute approximate surface area is 133 Å². The zero-order valence-corrected chi connectivity index (χ0v) is 12.9. The van der Waals surface area contributed by atoms with Gasteiger partial charge in [-0.25, -0.2) is 4.79 Å². The van der Waals surface area contributed by atoms with E-state index in [0.717, 1.165) is 0 Å². The fourth-order valence-electron chi connectivity index (χ4n) is 1.48. The third-order valence-corrected chi connectivity index (χ3v) is 2.50. The van der Waals surface area contributed by atoms with Crippen LogP contribution in [0.25, 0.3) is 0 Å². The van der Waals surface area contributed by atoms with Crippen LogP contribution in [0.3, 0.4) is 0 Å². The van der Waals surface area contributed by atoms with Crippen LogP contribution in [0.5, 0.6) is 5.75 Å². The number of carbonyl (C=O) groups excluding carboxylic acids is 1. The van der Waals surface area contributed by atoms with Gasteiger partial charge >= 0.3 is 5.97 Å². The van der Waals surface area contributed by atoms with E-state index in [-0.39, 0.29) is 24.8 Å². The summed E-state index contributed by atoms with van der Waals surface area (Å²) >= 11 is 0. The molecule has 23 heavy (non-hydrogen) atoms. The highest BCUT2D eigenvalue weighted by Gasteiger charge is 2.22. The Balaban J connectivity index is 2.99. The average molecular weight is 321 g/mol. The Morgan fingerprint density at radius 3 is 2.39 bits per heavy atom. The molecular weight excluding hydrogens is 302 g/mol. The average Bonchev–Trinajstić information content (AvgIpc) is 2.50. The van der Waals surface area contributed by atoms with Gasteiger partial charge in [-0.05, 0) is 43.7 Å². The van der Waals surface area contributed by atoms with E-state index in [1.807, 2.05) is 0 Å². The first-order chi connectivity index (χ1) is 11.0. The van der Waals surface area contributed by atoms with Gasteiger partial charge < -0.3 is 25.4 Å². The third-order valence-electron chi connectivity index (χ3n) is 2.50. The van der Waals surface area contributed by atoms with Crippen LogP contribution in [0, 0.1) is 0 Å². The molecule has 0 saturated carbocycles. The van der Waals surface area contributed by atoms with Crippen LogP contribution in [-0.4, -0.2) is 41.4 Å². The summed E-state index contributed by atoms with van der Waals surface area (Å²) in [7, 11) is 0. The first-order valence-electron chi connectivity index (χ1n) is 6.88. The van der Waals surface area contributed by atoms with Crippen molar-refractivity contribution in [1.82, 2.24) is 0 Å². The molecule has 0 spiro atoms. The summed E-state index contributed by atoms with van der Waals surface area (Å²) in [4.78, 5) is 11.8. The molecule has 0 atom stereocenters. The van der Waals surface area contributed by atoms with Gasteiger partial charge in [0.25, 0.3) is 5.95 Å². The molecule has 0 aliphatic rings. The number of phenolic OH excluding ortho intramolecular Hbond substituents is 1. The number of ether oxygens (including phenoxy) is 2. The second-order valence-corrected chi connectivity index (χ2v) is 4.15. The Bertz CT molecular complexity index is 621. The second kappa shape index (κ2) is 9.08. The van der Waals surface area contributed by atoms with Gasteiger partial charge in [-0.1, -0.05) is 0 Å². The van der Waals surface area contributed by atoms with Crippen LogP contribution in [0.2, 0.25) is 0 Å². The molecule has 8 nitrogen and oxygen atoms in total. The zero-order chi connectivity index (χ0) is 17.2. The number of phenols is 1. The quantitative estimate of drug-likeness (QED) is 0.174. The predicted octanol–water partition coefficient (Wildman–Crippen LogP) is 1.45. The highest BCUT2D eigenvalue weighted by molar-refractivity contribution is 6.18. The van der Waals surface area contributed by atoms with E-state index in [1.54, 1.807) is 26.0 Å². The number of nitrogens with two attached hydrogens (primary N) is 1. The molecule has 0 radical (unpaired) electrons. The Hall–Kier alpha value is -3.03. The zero-order valence-electron chi connectivity index (χ0n) is 12.9. The molecule has 0 aliphatic heterocycles. The number of rotatable bonds is 7. The molecule has 1 aromatic rings. The van der Waals surface area contributed by atoms with Crippen molar-refractivity contribution in [1.29, 1.82) is 0 Å². The van der Waals surface area contributed by atoms with Crippen LogP contribution in [0.15, 0.2) is 46.0 Å². The minimum atomic E-state index is -0.862. The number of aliphatic hydroxyl groups excluding tert-OH is 1. The van der Waals surface area contributed by atoms with E-state index < -0.39 is 17.5 Å². The summed E-state index contributed by atoms with van der Waals surface area (Å²) in [5, 5.41) is 26.3. The molecule has 0 saturated heterocycles. The number of esters is 1. The number of benzene rings is 1. The number of carbonyl (C=O) groups is 1. The fourth-order valence-corrected chi connectivity index (χ4v) is 1.48. The van der Waals surface area contributed by atoms with Gasteiger partial charge in [0.2, 0.25) is 0 Å². The molecule has 0 aliphatic carbocycles. The van der Waals surface area contributed by atoms with Crippen molar-refractivity contribution in [2.45, 2.75) is 13.8 Å². The number of hydrogen-bond donors (Lipinski definition) is 3. The van der Waals surface area contributed by atoms with Gasteiger partial charge in [0.05, 0.1) is 19.4 Å². The highest BCUT2D eigenvalue weighted by Crippen LogP contribution is 2.09. The molecule has 1 rings (SSSR count). The topological polar surface area (TPSA) is 127 Å². The van der Waals surface area contributed by atoms with Gasteiger partial charge in [0, 0.05) is 0 Å². The van der Waals surface area contributed by atoms with Crippen molar-refractivity contribution >= 4 is 18.0 Å². The van der Waals surface area contributed by atoms with Crippen molar-refractivity contribution in [3.63, 3.8) is 0 Å². The maximum atomic E-state index is 11.8. The van der Waals surface area contributed by atoms with Crippen molar-refractivity contribution in [2.75, 3.05) is 13.2 Å². The fraction of sp³-hybridized carbons (Fsp3) is 0.267. The standard InChI is InChI=1S/C15H19N3O5/c1-3-22-14(20)12(15(21)23-4-2)13(16)18-17-9-10-5-7-11(19)8-6-10/h5-9,19-20H,3-4H2,1-2H3,(H2,16,18)/b14-12+,17-9+. The van der Waals surface area contributed by atoms with Crippen molar-refractivity contribution in [3.8, 4) is 5.75 Å². The minimum absolute atomic E-state index is 0.103. The molecule has 0 unspecified atom stereocenters. The largest absolute Gasteiger partial charge is 0.508 e. The van der Waals surface area contributed by atoms with Crippen LogP contribution in [0.1, 0.15) is 19.4 Å². The summed E-state index contributed by atoms with van der Waals surface area (Å²) < 4.78 is 9.66. The maximum absolute atomic E-state index is 11.8. The summed E-state index contributed by atoms with van der Waals surface area (Å²) in [6.45, 7) is 3.49. The molecule has 8 heteroatoms. The van der Waals surface area contributed by atoms with E-state index >= 15 is 0 Å². The lowest BCUT2D eigenvalue weighted by atomic mass is 10.2. The number of hydrogen-bond acceptors (Lipinski definition) is 7. The van der Waals surface area contributed by atoms with Crippen LogP contribution >= 0.6 is 0 Å². The second-order valence-electron chi connectivity index (χ2n) is 4.15. The van der Waals surface area contributed by atoms with Crippen LogP contribution < -0.4 is 5.73 Å². The van der Waals surface area contributed by atoms with Gasteiger partial charge in [-0.3, -0.25) is 0 Å². The van der Waals surface area contributed by atoms with Crippen molar-refractivity contribution < 1.29 is 24.5 Å². The van der Waals surface area contributed by atoms with Crippen molar-refractivity contribution in [3.05, 3.63) is 41.3 Å². The lowest BCUT2D eigenvalue weighted by Gasteiger charge is -2.08. The van der Waals surface area contributed by atoms with E-state index in [9.17, 15) is 15.0 Å². The monoisotopic (exact) mass is 321 g/mol. The summed E-state index contributed by atoms with van der Waals surface area (Å²) in [5.74, 6) is -1.75. The predicted molar refractivity (Wildman–Crippen MR) is 85.2 cm³/mol. The summed E-state index contributed by atoms with van der Waals surface area (Å²) in [6.07, 6.45) is 1.37. The van der Waals surface area contributed by atoms with Gasteiger partial charge in [0.15, 0.2) is 11.4 Å². The number of aromatic hydroxyl groups is 1. The van der Waals surface area contributed by atoms with Gasteiger partial charge in [0.1, 0.15) is 5.75 Å². The number of nitrogens with zero attached hydrogens (tertiary/aromatic N) is 2. The summed E-state index contributed by atoms with van der Waals surface area (Å²) in [5.41, 5.74) is 5.94. The van der Waals surface area contributed by atoms with E-state index in [4.69, 9.17) is 15.2 Å². The van der Waals surface area contributed by atoms with E-state index in [1.165, 1.54) is 18.3 Å².